The Bertz CT molecular complexity index is 373. The van der Waals surface area contributed by atoms with Crippen LogP contribution in [-0.2, 0) is 6.42 Å². The molecular formula is C19H31N. The van der Waals surface area contributed by atoms with Crippen LogP contribution in [0.1, 0.15) is 70.0 Å². The summed E-state index contributed by atoms with van der Waals surface area (Å²) in [5, 5.41) is 3.81. The zero-order valence-corrected chi connectivity index (χ0v) is 13.5. The lowest BCUT2D eigenvalue weighted by Gasteiger charge is -2.34. The van der Waals surface area contributed by atoms with Crippen molar-refractivity contribution in [3.05, 3.63) is 35.4 Å². The first-order valence-electron chi connectivity index (χ1n) is 8.56. The molecule has 1 heteroatoms. The Labute approximate surface area is 125 Å². The SMILES string of the molecule is CCCNC(c1ccc(CC)cc1)C1CCC(C)CC1. The Morgan fingerprint density at radius 3 is 2.25 bits per heavy atom. The summed E-state index contributed by atoms with van der Waals surface area (Å²) >= 11 is 0. The van der Waals surface area contributed by atoms with Crippen LogP contribution in [0.4, 0.5) is 0 Å². The molecule has 2 rings (SSSR count). The highest BCUT2D eigenvalue weighted by molar-refractivity contribution is 5.25. The molecule has 20 heavy (non-hydrogen) atoms. The van der Waals surface area contributed by atoms with Crippen LogP contribution in [0.25, 0.3) is 0 Å². The fraction of sp³-hybridized carbons (Fsp3) is 0.684. The van der Waals surface area contributed by atoms with Crippen molar-refractivity contribution in [2.24, 2.45) is 11.8 Å². The van der Waals surface area contributed by atoms with Crippen molar-refractivity contribution in [1.82, 2.24) is 5.32 Å². The minimum Gasteiger partial charge on any atom is -0.310 e. The second-order valence-corrected chi connectivity index (χ2v) is 6.55. The summed E-state index contributed by atoms with van der Waals surface area (Å²) in [6.07, 6.45) is 7.93. The van der Waals surface area contributed by atoms with Gasteiger partial charge in [-0.15, -0.1) is 0 Å². The van der Waals surface area contributed by atoms with Gasteiger partial charge in [-0.05, 0) is 55.2 Å². The Hall–Kier alpha value is -0.820. The molecule has 1 unspecified atom stereocenters. The summed E-state index contributed by atoms with van der Waals surface area (Å²) in [4.78, 5) is 0. The lowest BCUT2D eigenvalue weighted by atomic mass is 9.77. The average molecular weight is 273 g/mol. The molecule has 0 bridgehead atoms. The van der Waals surface area contributed by atoms with E-state index in [1.807, 2.05) is 0 Å². The van der Waals surface area contributed by atoms with Crippen molar-refractivity contribution >= 4 is 0 Å². The van der Waals surface area contributed by atoms with E-state index in [1.165, 1.54) is 43.2 Å². The van der Waals surface area contributed by atoms with Crippen molar-refractivity contribution in [3.8, 4) is 0 Å². The second kappa shape index (κ2) is 7.83. The van der Waals surface area contributed by atoms with Gasteiger partial charge in [-0.25, -0.2) is 0 Å². The van der Waals surface area contributed by atoms with Crippen molar-refractivity contribution in [1.29, 1.82) is 0 Å². The van der Waals surface area contributed by atoms with Crippen molar-refractivity contribution in [3.63, 3.8) is 0 Å². The number of rotatable bonds is 6. The van der Waals surface area contributed by atoms with Gasteiger partial charge in [-0.3, -0.25) is 0 Å². The van der Waals surface area contributed by atoms with Crippen LogP contribution in [-0.4, -0.2) is 6.54 Å². The van der Waals surface area contributed by atoms with Crippen LogP contribution in [0.15, 0.2) is 24.3 Å². The van der Waals surface area contributed by atoms with Gasteiger partial charge in [0.25, 0.3) is 0 Å². The lowest BCUT2D eigenvalue weighted by Crippen LogP contribution is -2.31. The third-order valence-corrected chi connectivity index (χ3v) is 4.89. The highest BCUT2D eigenvalue weighted by Gasteiger charge is 2.26. The number of nitrogens with one attached hydrogen (secondary N) is 1. The molecule has 1 N–H and O–H groups in total. The molecule has 1 atom stereocenters. The molecule has 1 aromatic carbocycles. The van der Waals surface area contributed by atoms with E-state index in [-0.39, 0.29) is 0 Å². The van der Waals surface area contributed by atoms with Gasteiger partial charge in [0.2, 0.25) is 0 Å². The molecule has 1 aliphatic rings. The Morgan fingerprint density at radius 1 is 1.05 bits per heavy atom. The molecule has 1 nitrogen and oxygen atoms in total. The van der Waals surface area contributed by atoms with E-state index >= 15 is 0 Å². The van der Waals surface area contributed by atoms with E-state index in [4.69, 9.17) is 0 Å². The molecule has 0 amide bonds. The van der Waals surface area contributed by atoms with Crippen molar-refractivity contribution < 1.29 is 0 Å². The Balaban J connectivity index is 2.08. The van der Waals surface area contributed by atoms with Gasteiger partial charge < -0.3 is 5.32 Å². The molecule has 1 fully saturated rings. The summed E-state index contributed by atoms with van der Waals surface area (Å²) < 4.78 is 0. The molecule has 0 saturated heterocycles. The third-order valence-electron chi connectivity index (χ3n) is 4.89. The zero-order chi connectivity index (χ0) is 14.4. The highest BCUT2D eigenvalue weighted by Crippen LogP contribution is 2.36. The maximum atomic E-state index is 3.81. The van der Waals surface area contributed by atoms with Gasteiger partial charge in [0.1, 0.15) is 0 Å². The van der Waals surface area contributed by atoms with Crippen LogP contribution >= 0.6 is 0 Å². The van der Waals surface area contributed by atoms with Crippen molar-refractivity contribution in [2.75, 3.05) is 6.54 Å². The van der Waals surface area contributed by atoms with E-state index in [9.17, 15) is 0 Å². The normalized spacial score (nSPS) is 24.6. The summed E-state index contributed by atoms with van der Waals surface area (Å²) in [6.45, 7) is 8.02. The molecule has 1 aromatic rings. The number of hydrogen-bond donors (Lipinski definition) is 1. The van der Waals surface area contributed by atoms with Crippen LogP contribution in [0.2, 0.25) is 0 Å². The number of aryl methyl sites for hydroxylation is 1. The first-order chi connectivity index (χ1) is 9.74. The summed E-state index contributed by atoms with van der Waals surface area (Å²) in [6, 6.07) is 9.88. The standard InChI is InChI=1S/C19H31N/c1-4-14-20-19(17-10-6-15(3)7-11-17)18-12-8-16(5-2)9-13-18/h8-9,12-13,15,17,19-20H,4-7,10-11,14H2,1-3H3. The predicted octanol–water partition coefficient (Wildman–Crippen LogP) is 5.12. The van der Waals surface area contributed by atoms with Gasteiger partial charge in [-0.1, -0.05) is 57.9 Å². The topological polar surface area (TPSA) is 12.0 Å². The van der Waals surface area contributed by atoms with Gasteiger partial charge in [-0.2, -0.15) is 0 Å². The third kappa shape index (κ3) is 4.09. The summed E-state index contributed by atoms with van der Waals surface area (Å²) in [5.74, 6) is 1.76. The maximum absolute atomic E-state index is 3.81. The van der Waals surface area contributed by atoms with Crippen LogP contribution in [0.5, 0.6) is 0 Å². The lowest BCUT2D eigenvalue weighted by molar-refractivity contribution is 0.231. The van der Waals surface area contributed by atoms with Gasteiger partial charge in [0.05, 0.1) is 0 Å². The Morgan fingerprint density at radius 2 is 1.70 bits per heavy atom. The van der Waals surface area contributed by atoms with Crippen molar-refractivity contribution in [2.45, 2.75) is 65.3 Å². The van der Waals surface area contributed by atoms with E-state index in [2.05, 4.69) is 50.4 Å². The number of hydrogen-bond acceptors (Lipinski definition) is 1. The summed E-state index contributed by atoms with van der Waals surface area (Å²) in [7, 11) is 0. The fourth-order valence-electron chi connectivity index (χ4n) is 3.44. The number of benzene rings is 1. The maximum Gasteiger partial charge on any atom is 0.0348 e. The first kappa shape index (κ1) is 15.6. The van der Waals surface area contributed by atoms with Crippen LogP contribution in [0, 0.1) is 11.8 Å². The quantitative estimate of drug-likeness (QED) is 0.759. The van der Waals surface area contributed by atoms with Crippen LogP contribution < -0.4 is 5.32 Å². The molecule has 112 valence electrons. The van der Waals surface area contributed by atoms with E-state index < -0.39 is 0 Å². The van der Waals surface area contributed by atoms with Gasteiger partial charge in [0.15, 0.2) is 0 Å². The largest absolute Gasteiger partial charge is 0.310 e. The minimum atomic E-state index is 0.563. The van der Waals surface area contributed by atoms with Crippen LogP contribution in [0.3, 0.4) is 0 Å². The molecule has 0 spiro atoms. The summed E-state index contributed by atoms with van der Waals surface area (Å²) in [5.41, 5.74) is 2.94. The monoisotopic (exact) mass is 273 g/mol. The zero-order valence-electron chi connectivity index (χ0n) is 13.5. The molecule has 0 aliphatic heterocycles. The molecule has 0 aromatic heterocycles. The molecular weight excluding hydrogens is 242 g/mol. The predicted molar refractivity (Wildman–Crippen MR) is 88.0 cm³/mol. The molecule has 0 heterocycles. The molecule has 1 aliphatic carbocycles. The molecule has 1 saturated carbocycles. The highest BCUT2D eigenvalue weighted by atomic mass is 14.9. The smallest absolute Gasteiger partial charge is 0.0348 e. The Kier molecular flexibility index (Phi) is 6.09. The average Bonchev–Trinajstić information content (AvgIpc) is 2.50. The van der Waals surface area contributed by atoms with E-state index in [0.717, 1.165) is 24.8 Å². The van der Waals surface area contributed by atoms with E-state index in [1.54, 1.807) is 0 Å². The fourth-order valence-corrected chi connectivity index (χ4v) is 3.44. The van der Waals surface area contributed by atoms with E-state index in [0.29, 0.717) is 6.04 Å². The van der Waals surface area contributed by atoms with Gasteiger partial charge in [0, 0.05) is 6.04 Å². The minimum absolute atomic E-state index is 0.563. The second-order valence-electron chi connectivity index (χ2n) is 6.55. The first-order valence-corrected chi connectivity index (χ1v) is 8.56. The van der Waals surface area contributed by atoms with Gasteiger partial charge >= 0.3 is 0 Å². The molecule has 0 radical (unpaired) electrons.